The van der Waals surface area contributed by atoms with Crippen molar-refractivity contribution in [2.45, 2.75) is 24.1 Å². The molecular formula is C15H16FNS. The second-order valence-corrected chi connectivity index (χ2v) is 5.26. The molecule has 2 aromatic carbocycles. The number of aryl methyl sites for hydroxylation is 1. The summed E-state index contributed by atoms with van der Waals surface area (Å²) in [5, 5.41) is 0. The second-order valence-electron chi connectivity index (χ2n) is 4.21. The van der Waals surface area contributed by atoms with Crippen LogP contribution in [-0.4, -0.2) is 0 Å². The van der Waals surface area contributed by atoms with Crippen LogP contribution < -0.4 is 5.73 Å². The van der Waals surface area contributed by atoms with Gasteiger partial charge in [-0.3, -0.25) is 0 Å². The Hall–Kier alpha value is -1.32. The fourth-order valence-electron chi connectivity index (χ4n) is 1.76. The Bertz CT molecular complexity index is 540. The summed E-state index contributed by atoms with van der Waals surface area (Å²) >= 11 is 1.64. The van der Waals surface area contributed by atoms with Crippen molar-refractivity contribution in [3.8, 4) is 0 Å². The molecule has 0 spiro atoms. The number of halogens is 1. The molecular weight excluding hydrogens is 245 g/mol. The first-order valence-electron chi connectivity index (χ1n) is 5.86. The Morgan fingerprint density at radius 2 is 2.00 bits per heavy atom. The number of hydrogen-bond donors (Lipinski definition) is 1. The average Bonchev–Trinajstić information content (AvgIpc) is 2.37. The monoisotopic (exact) mass is 261 g/mol. The highest BCUT2D eigenvalue weighted by molar-refractivity contribution is 7.98. The van der Waals surface area contributed by atoms with E-state index in [0.29, 0.717) is 6.54 Å². The fraction of sp³-hybridized carbons (Fsp3) is 0.200. The lowest BCUT2D eigenvalue weighted by molar-refractivity contribution is 0.624. The molecule has 18 heavy (non-hydrogen) atoms. The van der Waals surface area contributed by atoms with Crippen LogP contribution in [0, 0.1) is 12.7 Å². The van der Waals surface area contributed by atoms with Crippen LogP contribution in [0.4, 0.5) is 4.39 Å². The van der Waals surface area contributed by atoms with Crippen LogP contribution in [0.2, 0.25) is 0 Å². The third-order valence-electron chi connectivity index (χ3n) is 2.83. The van der Waals surface area contributed by atoms with Crippen LogP contribution in [-0.2, 0) is 12.3 Å². The molecule has 0 heterocycles. The Morgan fingerprint density at radius 3 is 2.67 bits per heavy atom. The number of hydrogen-bond acceptors (Lipinski definition) is 2. The molecule has 2 N–H and O–H groups in total. The van der Waals surface area contributed by atoms with Gasteiger partial charge in [0.2, 0.25) is 0 Å². The molecule has 94 valence electrons. The molecule has 0 aromatic heterocycles. The van der Waals surface area contributed by atoms with Crippen LogP contribution in [0.3, 0.4) is 0 Å². The van der Waals surface area contributed by atoms with Crippen LogP contribution >= 0.6 is 11.8 Å². The van der Waals surface area contributed by atoms with Crippen molar-refractivity contribution in [3.05, 3.63) is 65.0 Å². The highest BCUT2D eigenvalue weighted by atomic mass is 32.2. The standard InChI is InChI=1S/C15H16FNS/c1-11-7-12(9-17)5-6-13(11)10-18-15-4-2-3-14(16)8-15/h2-8H,9-10,17H2,1H3. The maximum Gasteiger partial charge on any atom is 0.124 e. The Kier molecular flexibility index (Phi) is 4.39. The number of rotatable bonds is 4. The van der Waals surface area contributed by atoms with Crippen molar-refractivity contribution in [1.82, 2.24) is 0 Å². The van der Waals surface area contributed by atoms with Crippen molar-refractivity contribution in [3.63, 3.8) is 0 Å². The van der Waals surface area contributed by atoms with Crippen molar-refractivity contribution >= 4 is 11.8 Å². The number of thioether (sulfide) groups is 1. The van der Waals surface area contributed by atoms with E-state index < -0.39 is 0 Å². The van der Waals surface area contributed by atoms with Gasteiger partial charge in [0.1, 0.15) is 5.82 Å². The topological polar surface area (TPSA) is 26.0 Å². The van der Waals surface area contributed by atoms with Gasteiger partial charge in [-0.2, -0.15) is 0 Å². The van der Waals surface area contributed by atoms with Gasteiger partial charge in [0.05, 0.1) is 0 Å². The number of nitrogens with two attached hydrogens (primary N) is 1. The normalized spacial score (nSPS) is 10.6. The van der Waals surface area contributed by atoms with Crippen molar-refractivity contribution in [1.29, 1.82) is 0 Å². The molecule has 0 aliphatic heterocycles. The van der Waals surface area contributed by atoms with Crippen molar-refractivity contribution < 1.29 is 4.39 Å². The Balaban J connectivity index is 2.06. The van der Waals surface area contributed by atoms with Gasteiger partial charge in [0.15, 0.2) is 0 Å². The van der Waals surface area contributed by atoms with E-state index in [1.807, 2.05) is 6.07 Å². The maximum absolute atomic E-state index is 13.0. The predicted molar refractivity (Wildman–Crippen MR) is 75.0 cm³/mol. The third kappa shape index (κ3) is 3.34. The zero-order valence-corrected chi connectivity index (χ0v) is 11.1. The lowest BCUT2D eigenvalue weighted by Gasteiger charge is -2.07. The summed E-state index contributed by atoms with van der Waals surface area (Å²) in [5.74, 6) is 0.662. The first kappa shape index (κ1) is 13.1. The summed E-state index contributed by atoms with van der Waals surface area (Å²) < 4.78 is 13.0. The summed E-state index contributed by atoms with van der Waals surface area (Å²) in [6.07, 6.45) is 0. The summed E-state index contributed by atoms with van der Waals surface area (Å²) in [4.78, 5) is 0.956. The third-order valence-corrected chi connectivity index (χ3v) is 3.88. The SMILES string of the molecule is Cc1cc(CN)ccc1CSc1cccc(F)c1. The minimum absolute atomic E-state index is 0.185. The van der Waals surface area contributed by atoms with Gasteiger partial charge < -0.3 is 5.73 Å². The van der Waals surface area contributed by atoms with E-state index in [1.165, 1.54) is 17.2 Å². The molecule has 0 aliphatic rings. The minimum Gasteiger partial charge on any atom is -0.326 e. The molecule has 0 atom stereocenters. The van der Waals surface area contributed by atoms with Gasteiger partial charge in [0.25, 0.3) is 0 Å². The molecule has 0 aliphatic carbocycles. The van der Waals surface area contributed by atoms with Crippen LogP contribution in [0.1, 0.15) is 16.7 Å². The Labute approximate surface area is 111 Å². The smallest absolute Gasteiger partial charge is 0.124 e. The molecule has 3 heteroatoms. The first-order chi connectivity index (χ1) is 8.69. The molecule has 2 rings (SSSR count). The molecule has 0 saturated heterocycles. The first-order valence-corrected chi connectivity index (χ1v) is 6.84. The molecule has 2 aromatic rings. The van der Waals surface area contributed by atoms with Gasteiger partial charge in [-0.1, -0.05) is 24.3 Å². The summed E-state index contributed by atoms with van der Waals surface area (Å²) in [6, 6.07) is 13.0. The quantitative estimate of drug-likeness (QED) is 0.845. The van der Waals surface area contributed by atoms with E-state index in [9.17, 15) is 4.39 Å². The van der Waals surface area contributed by atoms with E-state index in [-0.39, 0.29) is 5.82 Å². The molecule has 0 saturated carbocycles. The summed E-state index contributed by atoms with van der Waals surface area (Å²) in [7, 11) is 0. The molecule has 0 fully saturated rings. The lowest BCUT2D eigenvalue weighted by atomic mass is 10.1. The van der Waals surface area contributed by atoms with Crippen LogP contribution in [0.25, 0.3) is 0 Å². The lowest BCUT2D eigenvalue weighted by Crippen LogP contribution is -1.97. The maximum atomic E-state index is 13.0. The van der Waals surface area contributed by atoms with Crippen LogP contribution in [0.5, 0.6) is 0 Å². The van der Waals surface area contributed by atoms with Crippen molar-refractivity contribution in [2.75, 3.05) is 0 Å². The van der Waals surface area contributed by atoms with E-state index in [0.717, 1.165) is 16.2 Å². The van der Waals surface area contributed by atoms with Crippen molar-refractivity contribution in [2.24, 2.45) is 5.73 Å². The highest BCUT2D eigenvalue weighted by Gasteiger charge is 2.02. The fourth-order valence-corrected chi connectivity index (χ4v) is 2.78. The second kappa shape index (κ2) is 6.03. The highest BCUT2D eigenvalue weighted by Crippen LogP contribution is 2.25. The van der Waals surface area contributed by atoms with E-state index in [2.05, 4.69) is 25.1 Å². The average molecular weight is 261 g/mol. The van der Waals surface area contributed by atoms with Gasteiger partial charge in [-0.25, -0.2) is 4.39 Å². The molecule has 0 bridgehead atoms. The molecule has 0 radical (unpaired) electrons. The van der Waals surface area contributed by atoms with E-state index >= 15 is 0 Å². The predicted octanol–water partition coefficient (Wildman–Crippen LogP) is 3.89. The largest absolute Gasteiger partial charge is 0.326 e. The summed E-state index contributed by atoms with van der Waals surface area (Å²) in [5.41, 5.74) is 9.25. The summed E-state index contributed by atoms with van der Waals surface area (Å²) in [6.45, 7) is 2.65. The molecule has 0 amide bonds. The van der Waals surface area contributed by atoms with Gasteiger partial charge in [-0.15, -0.1) is 11.8 Å². The van der Waals surface area contributed by atoms with Gasteiger partial charge in [0, 0.05) is 17.2 Å². The minimum atomic E-state index is -0.185. The van der Waals surface area contributed by atoms with E-state index in [1.54, 1.807) is 23.9 Å². The zero-order chi connectivity index (χ0) is 13.0. The molecule has 1 nitrogen and oxygen atoms in total. The number of benzene rings is 2. The Morgan fingerprint density at radius 1 is 1.17 bits per heavy atom. The zero-order valence-electron chi connectivity index (χ0n) is 10.3. The van der Waals surface area contributed by atoms with E-state index in [4.69, 9.17) is 5.73 Å². The van der Waals surface area contributed by atoms with Gasteiger partial charge in [-0.05, 0) is 41.8 Å². The van der Waals surface area contributed by atoms with Crippen LogP contribution in [0.15, 0.2) is 47.4 Å². The molecule has 0 unspecified atom stereocenters. The van der Waals surface area contributed by atoms with Gasteiger partial charge >= 0.3 is 0 Å².